The molecule has 1 aromatic carbocycles. The number of thiophene rings is 1. The molecule has 0 saturated carbocycles. The summed E-state index contributed by atoms with van der Waals surface area (Å²) in [5, 5.41) is 5.82. The summed E-state index contributed by atoms with van der Waals surface area (Å²) in [6.07, 6.45) is 0.211. The highest BCUT2D eigenvalue weighted by Gasteiger charge is 2.16. The average Bonchev–Trinajstić information content (AvgIpc) is 2.92. The number of hydrogen-bond donors (Lipinski definition) is 1. The van der Waals surface area contributed by atoms with Crippen molar-refractivity contribution in [1.29, 1.82) is 0 Å². The maximum atomic E-state index is 5.76. The first-order chi connectivity index (χ1) is 10.1. The van der Waals surface area contributed by atoms with Gasteiger partial charge in [0.05, 0.1) is 6.10 Å². The molecule has 0 fully saturated rings. The number of ether oxygens (including phenoxy) is 1. The highest BCUT2D eigenvalue weighted by molar-refractivity contribution is 7.10. The van der Waals surface area contributed by atoms with Crippen molar-refractivity contribution in [3.05, 3.63) is 52.2 Å². The lowest BCUT2D eigenvalue weighted by Crippen LogP contribution is -2.24. The average molecular weight is 303 g/mol. The minimum atomic E-state index is 0.211. The van der Waals surface area contributed by atoms with E-state index in [-0.39, 0.29) is 6.10 Å². The van der Waals surface area contributed by atoms with Crippen molar-refractivity contribution in [2.75, 3.05) is 0 Å². The summed E-state index contributed by atoms with van der Waals surface area (Å²) in [5.41, 5.74) is 1.26. The lowest BCUT2D eigenvalue weighted by atomic mass is 10.0. The zero-order chi connectivity index (χ0) is 15.2. The third-order valence-electron chi connectivity index (χ3n) is 3.31. The van der Waals surface area contributed by atoms with Gasteiger partial charge in [-0.05, 0) is 48.9 Å². The molecule has 21 heavy (non-hydrogen) atoms. The van der Waals surface area contributed by atoms with Crippen LogP contribution in [-0.2, 0) is 6.54 Å². The second-order valence-corrected chi connectivity index (χ2v) is 6.91. The second kappa shape index (κ2) is 7.62. The van der Waals surface area contributed by atoms with E-state index in [0.29, 0.717) is 12.0 Å². The van der Waals surface area contributed by atoms with Crippen molar-refractivity contribution in [1.82, 2.24) is 5.32 Å². The number of nitrogens with one attached hydrogen (secondary N) is 1. The smallest absolute Gasteiger partial charge is 0.120 e. The lowest BCUT2D eigenvalue weighted by Gasteiger charge is -2.21. The molecule has 0 saturated heterocycles. The molecule has 1 aromatic heterocycles. The molecule has 1 N–H and O–H groups in total. The molecular weight excluding hydrogens is 278 g/mol. The molecule has 2 rings (SSSR count). The molecule has 0 bridgehead atoms. The van der Waals surface area contributed by atoms with Crippen LogP contribution in [0.2, 0.25) is 0 Å². The molecule has 0 aliphatic heterocycles. The molecule has 0 spiro atoms. The Kier molecular flexibility index (Phi) is 5.83. The molecule has 1 heterocycles. The van der Waals surface area contributed by atoms with Gasteiger partial charge in [-0.2, -0.15) is 0 Å². The Morgan fingerprint density at radius 2 is 1.90 bits per heavy atom. The third-order valence-corrected chi connectivity index (χ3v) is 4.27. The van der Waals surface area contributed by atoms with E-state index in [1.54, 1.807) is 0 Å². The van der Waals surface area contributed by atoms with Crippen LogP contribution in [0, 0.1) is 5.92 Å². The fourth-order valence-corrected chi connectivity index (χ4v) is 3.34. The van der Waals surface area contributed by atoms with Crippen LogP contribution in [-0.4, -0.2) is 6.10 Å². The van der Waals surface area contributed by atoms with Gasteiger partial charge in [-0.3, -0.25) is 0 Å². The van der Waals surface area contributed by atoms with E-state index in [1.165, 1.54) is 10.4 Å². The molecule has 1 atom stereocenters. The third kappa shape index (κ3) is 4.87. The van der Waals surface area contributed by atoms with Crippen molar-refractivity contribution in [3.63, 3.8) is 0 Å². The molecule has 0 aliphatic carbocycles. The summed E-state index contributed by atoms with van der Waals surface area (Å²) in [6, 6.07) is 13.1. The zero-order valence-electron chi connectivity index (χ0n) is 13.3. The Morgan fingerprint density at radius 3 is 2.52 bits per heavy atom. The number of benzene rings is 1. The highest BCUT2D eigenvalue weighted by atomic mass is 32.1. The predicted octanol–water partition coefficient (Wildman–Crippen LogP) is 5.02. The van der Waals surface area contributed by atoms with Gasteiger partial charge < -0.3 is 10.1 Å². The molecule has 2 aromatic rings. The van der Waals surface area contributed by atoms with E-state index in [2.05, 4.69) is 68.7 Å². The minimum absolute atomic E-state index is 0.211. The Labute approximate surface area is 132 Å². The summed E-state index contributed by atoms with van der Waals surface area (Å²) in [5.74, 6) is 1.51. The Balaban J connectivity index is 2.01. The maximum Gasteiger partial charge on any atom is 0.120 e. The van der Waals surface area contributed by atoms with E-state index in [4.69, 9.17) is 4.74 Å². The fraction of sp³-hybridized carbons (Fsp3) is 0.444. The van der Waals surface area contributed by atoms with Crippen LogP contribution >= 0.6 is 11.3 Å². The molecule has 3 heteroatoms. The SMILES string of the molecule is CC(C)Oc1cccc(CNC(c2cccs2)C(C)C)c1. The first-order valence-corrected chi connectivity index (χ1v) is 8.46. The summed E-state index contributed by atoms with van der Waals surface area (Å²) in [6.45, 7) is 9.48. The van der Waals surface area contributed by atoms with Gasteiger partial charge >= 0.3 is 0 Å². The lowest BCUT2D eigenvalue weighted by molar-refractivity contribution is 0.242. The summed E-state index contributed by atoms with van der Waals surface area (Å²) in [4.78, 5) is 1.40. The van der Waals surface area contributed by atoms with Gasteiger partial charge in [0.1, 0.15) is 5.75 Å². The molecule has 0 radical (unpaired) electrons. The van der Waals surface area contributed by atoms with Gasteiger partial charge in [-0.25, -0.2) is 0 Å². The highest BCUT2D eigenvalue weighted by Crippen LogP contribution is 2.26. The minimum Gasteiger partial charge on any atom is -0.491 e. The first kappa shape index (κ1) is 16.1. The molecule has 0 amide bonds. The van der Waals surface area contributed by atoms with Crippen LogP contribution in [0.5, 0.6) is 5.75 Å². The van der Waals surface area contributed by atoms with Crippen LogP contribution in [0.3, 0.4) is 0 Å². The standard InChI is InChI=1S/C18H25NOS/c1-13(2)18(17-9-6-10-21-17)19-12-15-7-5-8-16(11-15)20-14(3)4/h5-11,13-14,18-19H,12H2,1-4H3. The molecule has 1 unspecified atom stereocenters. The summed E-state index contributed by atoms with van der Waals surface area (Å²) in [7, 11) is 0. The van der Waals surface area contributed by atoms with Crippen LogP contribution in [0.1, 0.15) is 44.2 Å². The maximum absolute atomic E-state index is 5.76. The molecule has 0 aliphatic rings. The van der Waals surface area contributed by atoms with E-state index in [0.717, 1.165) is 12.3 Å². The van der Waals surface area contributed by atoms with Gasteiger partial charge in [0.2, 0.25) is 0 Å². The van der Waals surface area contributed by atoms with E-state index in [9.17, 15) is 0 Å². The quantitative estimate of drug-likeness (QED) is 0.775. The van der Waals surface area contributed by atoms with Crippen LogP contribution in [0.4, 0.5) is 0 Å². The zero-order valence-corrected chi connectivity index (χ0v) is 14.1. The van der Waals surface area contributed by atoms with Crippen molar-refractivity contribution in [3.8, 4) is 5.75 Å². The van der Waals surface area contributed by atoms with Crippen LogP contribution < -0.4 is 10.1 Å². The Bertz CT molecular complexity index is 534. The predicted molar refractivity (Wildman–Crippen MR) is 90.9 cm³/mol. The molecule has 114 valence electrons. The van der Waals surface area contributed by atoms with Crippen LogP contribution in [0.15, 0.2) is 41.8 Å². The van der Waals surface area contributed by atoms with Crippen molar-refractivity contribution in [2.45, 2.75) is 46.4 Å². The normalized spacial score (nSPS) is 12.9. The van der Waals surface area contributed by atoms with Gasteiger partial charge in [-0.15, -0.1) is 11.3 Å². The van der Waals surface area contributed by atoms with Gasteiger partial charge in [0.25, 0.3) is 0 Å². The Hall–Kier alpha value is -1.32. The molecule has 2 nitrogen and oxygen atoms in total. The van der Waals surface area contributed by atoms with Crippen LogP contribution in [0.25, 0.3) is 0 Å². The summed E-state index contributed by atoms with van der Waals surface area (Å²) < 4.78 is 5.76. The second-order valence-electron chi connectivity index (χ2n) is 5.93. The number of rotatable bonds is 7. The monoisotopic (exact) mass is 303 g/mol. The first-order valence-electron chi connectivity index (χ1n) is 7.58. The van der Waals surface area contributed by atoms with Crippen molar-refractivity contribution >= 4 is 11.3 Å². The van der Waals surface area contributed by atoms with Gasteiger partial charge in [0, 0.05) is 17.5 Å². The Morgan fingerprint density at radius 1 is 1.10 bits per heavy atom. The van der Waals surface area contributed by atoms with E-state index >= 15 is 0 Å². The van der Waals surface area contributed by atoms with E-state index < -0.39 is 0 Å². The number of hydrogen-bond acceptors (Lipinski definition) is 3. The largest absolute Gasteiger partial charge is 0.491 e. The summed E-state index contributed by atoms with van der Waals surface area (Å²) >= 11 is 1.82. The van der Waals surface area contributed by atoms with E-state index in [1.807, 2.05) is 17.4 Å². The van der Waals surface area contributed by atoms with Crippen molar-refractivity contribution < 1.29 is 4.74 Å². The fourth-order valence-electron chi connectivity index (χ4n) is 2.36. The topological polar surface area (TPSA) is 21.3 Å². The van der Waals surface area contributed by atoms with Crippen molar-refractivity contribution in [2.24, 2.45) is 5.92 Å². The van der Waals surface area contributed by atoms with Gasteiger partial charge in [0.15, 0.2) is 0 Å². The van der Waals surface area contributed by atoms with Gasteiger partial charge in [-0.1, -0.05) is 32.0 Å². The molecular formula is C18H25NOS.